The van der Waals surface area contributed by atoms with E-state index in [0.29, 0.717) is 14.5 Å². The minimum Gasteiger partial charge on any atom is 1.00 e. The third-order valence-electron chi connectivity index (χ3n) is 1.37. The first-order valence-electron chi connectivity index (χ1n) is 2.92. The molecule has 0 unspecified atom stereocenters. The Balaban J connectivity index is 0.000000605. The van der Waals surface area contributed by atoms with E-state index in [1.165, 1.54) is 9.65 Å². The molecule has 1 aromatic heterocycles. The molecule has 0 saturated heterocycles. The summed E-state index contributed by atoms with van der Waals surface area (Å²) in [7, 11) is 0. The molecular weight excluding hydrogens is 262 g/mol. The van der Waals surface area contributed by atoms with Crippen molar-refractivity contribution in [3.8, 4) is 0 Å². The van der Waals surface area contributed by atoms with Gasteiger partial charge < -0.3 is 0 Å². The summed E-state index contributed by atoms with van der Waals surface area (Å²) in [6, 6.07) is 8.43. The average Bonchev–Trinajstić information content (AvgIpc) is 2.34. The summed E-state index contributed by atoms with van der Waals surface area (Å²) >= 11 is 3.90. The molecule has 50 valence electrons. The Morgan fingerprint density at radius 2 is 2.00 bits per heavy atom. The van der Waals surface area contributed by atoms with Crippen LogP contribution in [0, 0.1) is 4.94 Å². The Bertz CT molecular complexity index is 356. The van der Waals surface area contributed by atoms with Crippen LogP contribution in [0.1, 0.15) is 0 Å². The van der Waals surface area contributed by atoms with Gasteiger partial charge in [-0.25, -0.2) is 0 Å². The van der Waals surface area contributed by atoms with Crippen molar-refractivity contribution >= 4 is 40.1 Å². The maximum atomic E-state index is 3.46. The van der Waals surface area contributed by atoms with Crippen molar-refractivity contribution in [3.63, 3.8) is 0 Å². The maximum Gasteiger partial charge on any atom is 1.00 e. The molecule has 0 aliphatic carbocycles. The summed E-state index contributed by atoms with van der Waals surface area (Å²) in [6.45, 7) is 0. The molecule has 0 nitrogen and oxygen atoms in total. The van der Waals surface area contributed by atoms with Crippen LogP contribution in [0.15, 0.2) is 28.7 Å². The van der Waals surface area contributed by atoms with E-state index < -0.39 is 0 Å². The number of hydrogen-bond donors (Lipinski definition) is 0. The predicted molar refractivity (Wildman–Crippen MR) is 47.4 cm³/mol. The van der Waals surface area contributed by atoms with E-state index in [-0.39, 0.29) is 18.9 Å². The third-order valence-corrected chi connectivity index (χ3v) is 4.44. The number of fused-ring (bicyclic) bond motifs is 1. The van der Waals surface area contributed by atoms with Gasteiger partial charge in [0.25, 0.3) is 0 Å². The van der Waals surface area contributed by atoms with Crippen molar-refractivity contribution in [1.29, 1.82) is 0 Å². The molecule has 2 aromatic rings. The first kappa shape index (κ1) is 9.64. The Hall–Kier alpha value is 0.557. The topological polar surface area (TPSA) is 0 Å². The van der Waals surface area contributed by atoms with Gasteiger partial charge >= 0.3 is 92.6 Å². The van der Waals surface area contributed by atoms with Gasteiger partial charge in [-0.2, -0.15) is 0 Å². The van der Waals surface area contributed by atoms with Crippen molar-refractivity contribution in [1.82, 2.24) is 0 Å². The van der Waals surface area contributed by atoms with Crippen LogP contribution < -0.4 is 18.9 Å². The van der Waals surface area contributed by atoms with Gasteiger partial charge in [-0.1, -0.05) is 0 Å². The maximum absolute atomic E-state index is 3.46. The largest absolute Gasteiger partial charge is 1.00 e. The van der Waals surface area contributed by atoms with Gasteiger partial charge in [0.1, 0.15) is 0 Å². The van der Waals surface area contributed by atoms with E-state index >= 15 is 0 Å². The zero-order valence-electron chi connectivity index (χ0n) is 6.10. The van der Waals surface area contributed by atoms with E-state index in [0.717, 1.165) is 4.47 Å². The molecule has 1 aromatic carbocycles. The Morgan fingerprint density at radius 3 is 2.73 bits per heavy atom. The summed E-state index contributed by atoms with van der Waals surface area (Å²) in [5, 5.41) is 1.32. The second kappa shape index (κ2) is 3.98. The fourth-order valence-corrected chi connectivity index (χ4v) is 3.50. The third kappa shape index (κ3) is 1.83. The molecule has 0 fully saturated rings. The summed E-state index contributed by atoms with van der Waals surface area (Å²) < 4.78 is 2.57. The molecule has 0 aliphatic heterocycles. The minimum atomic E-state index is 0. The summed E-state index contributed by atoms with van der Waals surface area (Å²) in [4.78, 5) is 3.28. The normalized spacial score (nSPS) is 9.55. The van der Waals surface area contributed by atoms with Gasteiger partial charge in [0, 0.05) is 0 Å². The Morgan fingerprint density at radius 1 is 1.27 bits per heavy atom. The van der Waals surface area contributed by atoms with Crippen LogP contribution in [0.4, 0.5) is 0 Å². The van der Waals surface area contributed by atoms with Crippen LogP contribution in [0.5, 0.6) is 0 Å². The van der Waals surface area contributed by atoms with Crippen molar-refractivity contribution < 1.29 is 18.9 Å². The van der Waals surface area contributed by atoms with E-state index in [4.69, 9.17) is 0 Å². The van der Waals surface area contributed by atoms with E-state index in [9.17, 15) is 0 Å². The van der Waals surface area contributed by atoms with Crippen molar-refractivity contribution in [2.24, 2.45) is 0 Å². The van der Waals surface area contributed by atoms with Gasteiger partial charge in [0.2, 0.25) is 0 Å². The average molecular weight is 266 g/mol. The Labute approximate surface area is 92.0 Å². The van der Waals surface area contributed by atoms with Gasteiger partial charge in [-0.05, 0) is 0 Å². The fraction of sp³-hybridized carbons (Fsp3) is 0. The molecule has 0 saturated carbocycles. The van der Waals surface area contributed by atoms with E-state index in [1.807, 2.05) is 0 Å². The first-order chi connectivity index (χ1) is 4.88. The first-order valence-corrected chi connectivity index (χ1v) is 5.43. The minimum absolute atomic E-state index is 0. The quantitative estimate of drug-likeness (QED) is 0.444. The summed E-state index contributed by atoms with van der Waals surface area (Å²) in [6.07, 6.45) is 0. The predicted octanol–water partition coefficient (Wildman–Crippen LogP) is -0.537. The number of benzene rings is 1. The molecule has 0 radical (unpaired) electrons. The fourth-order valence-electron chi connectivity index (χ4n) is 0.892. The summed E-state index contributed by atoms with van der Waals surface area (Å²) in [5.74, 6) is 0. The number of halogens is 1. The smallest absolute Gasteiger partial charge is 1.00 e. The van der Waals surface area contributed by atoms with Crippen LogP contribution in [-0.4, -0.2) is 14.5 Å². The number of hydrogen-bond acceptors (Lipinski definition) is 0. The molecule has 2 rings (SSSR count). The molecule has 0 spiro atoms. The molecular formula is C8H4BrLiSe. The molecule has 1 heterocycles. The van der Waals surface area contributed by atoms with Crippen LogP contribution >= 0.6 is 15.9 Å². The molecule has 0 amide bonds. The van der Waals surface area contributed by atoms with Gasteiger partial charge in [0.15, 0.2) is 0 Å². The zero-order valence-corrected chi connectivity index (χ0v) is 9.39. The van der Waals surface area contributed by atoms with Crippen LogP contribution in [0.2, 0.25) is 0 Å². The second-order valence-electron chi connectivity index (χ2n) is 2.01. The standard InChI is InChI=1S/C8H4BrSe.Li/c9-7-5-10-8-4-2-1-3-6(7)8;/h1-4H;/q-1;+1. The molecule has 11 heavy (non-hydrogen) atoms. The summed E-state index contributed by atoms with van der Waals surface area (Å²) in [5.41, 5.74) is 0. The molecule has 0 bridgehead atoms. The molecule has 3 heteroatoms. The molecule has 0 N–H and O–H groups in total. The van der Waals surface area contributed by atoms with Crippen LogP contribution in [-0.2, 0) is 0 Å². The van der Waals surface area contributed by atoms with Crippen molar-refractivity contribution in [3.05, 3.63) is 33.7 Å². The Kier molecular flexibility index (Phi) is 3.49. The van der Waals surface area contributed by atoms with Gasteiger partial charge in [-0.3, -0.25) is 0 Å². The van der Waals surface area contributed by atoms with E-state index in [2.05, 4.69) is 45.1 Å². The number of rotatable bonds is 0. The SMILES string of the molecule is Brc1[c-][se]c2ccccc12.[Li+]. The van der Waals surface area contributed by atoms with Crippen molar-refractivity contribution in [2.45, 2.75) is 0 Å². The monoisotopic (exact) mass is 266 g/mol. The van der Waals surface area contributed by atoms with Crippen molar-refractivity contribution in [2.75, 3.05) is 0 Å². The van der Waals surface area contributed by atoms with Crippen LogP contribution in [0.3, 0.4) is 0 Å². The van der Waals surface area contributed by atoms with Gasteiger partial charge in [-0.15, -0.1) is 0 Å². The molecule has 0 aliphatic rings. The molecule has 0 atom stereocenters. The zero-order chi connectivity index (χ0) is 6.97. The van der Waals surface area contributed by atoms with E-state index in [1.54, 1.807) is 0 Å². The van der Waals surface area contributed by atoms with Crippen LogP contribution in [0.25, 0.3) is 9.65 Å². The van der Waals surface area contributed by atoms with Gasteiger partial charge in [0.05, 0.1) is 0 Å². The second-order valence-corrected chi connectivity index (χ2v) is 4.59.